The Morgan fingerprint density at radius 3 is 1.04 bits per heavy atom. The lowest BCUT2D eigenvalue weighted by Gasteiger charge is -2.11. The molecular formula is C63H39N5O. The number of aromatic nitrogens is 5. The number of nitrogens with zero attached hydrogens (tertiary/aromatic N) is 5. The van der Waals surface area contributed by atoms with Crippen molar-refractivity contribution in [1.29, 1.82) is 0 Å². The predicted octanol–water partition coefficient (Wildman–Crippen LogP) is 16.3. The zero-order valence-electron chi connectivity index (χ0n) is 37.2. The molecule has 0 bridgehead atoms. The quantitative estimate of drug-likeness (QED) is 0.160. The van der Waals surface area contributed by atoms with Gasteiger partial charge in [-0.3, -0.25) is 0 Å². The Kier molecular flexibility index (Phi) is 8.79. The van der Waals surface area contributed by atoms with Crippen molar-refractivity contribution in [3.8, 4) is 67.8 Å². The molecule has 0 aliphatic heterocycles. The molecule has 0 saturated carbocycles. The lowest BCUT2D eigenvalue weighted by atomic mass is 9.98. The van der Waals surface area contributed by atoms with Gasteiger partial charge in [-0.05, 0) is 119 Å². The molecule has 0 amide bonds. The zero-order valence-corrected chi connectivity index (χ0v) is 37.2. The third kappa shape index (κ3) is 6.45. The van der Waals surface area contributed by atoms with Crippen LogP contribution < -0.4 is 0 Å². The van der Waals surface area contributed by atoms with Crippen molar-refractivity contribution in [3.63, 3.8) is 0 Å². The van der Waals surface area contributed by atoms with Gasteiger partial charge in [-0.25, -0.2) is 15.0 Å². The number of rotatable bonds is 7. The summed E-state index contributed by atoms with van der Waals surface area (Å²) in [5.74, 6) is 1.92. The molecule has 4 aromatic heterocycles. The maximum Gasteiger partial charge on any atom is 0.164 e. The van der Waals surface area contributed by atoms with Gasteiger partial charge >= 0.3 is 0 Å². The van der Waals surface area contributed by atoms with Crippen LogP contribution in [0.15, 0.2) is 241 Å². The average Bonchev–Trinajstić information content (AvgIpc) is 4.08. The molecule has 0 fully saturated rings. The fourth-order valence-corrected chi connectivity index (χ4v) is 10.3. The number of para-hydroxylation sites is 3. The first-order valence-electron chi connectivity index (χ1n) is 23.3. The summed E-state index contributed by atoms with van der Waals surface area (Å²) in [6.45, 7) is 0. The molecule has 10 aromatic carbocycles. The summed E-state index contributed by atoms with van der Waals surface area (Å²) in [6, 6.07) is 83.5. The van der Waals surface area contributed by atoms with Gasteiger partial charge in [-0.1, -0.05) is 140 Å². The van der Waals surface area contributed by atoms with Gasteiger partial charge in [-0.2, -0.15) is 0 Å². The highest BCUT2D eigenvalue weighted by Crippen LogP contribution is 2.40. The van der Waals surface area contributed by atoms with Crippen LogP contribution in [0.25, 0.3) is 133 Å². The van der Waals surface area contributed by atoms with E-state index in [2.05, 4.69) is 185 Å². The average molecular weight is 882 g/mol. The van der Waals surface area contributed by atoms with Crippen LogP contribution in [0, 0.1) is 0 Å². The van der Waals surface area contributed by atoms with Gasteiger partial charge in [0.25, 0.3) is 0 Å². The van der Waals surface area contributed by atoms with Gasteiger partial charge in [0, 0.05) is 60.4 Å². The van der Waals surface area contributed by atoms with E-state index < -0.39 is 0 Å². The van der Waals surface area contributed by atoms with E-state index in [1.807, 2.05) is 60.7 Å². The summed E-state index contributed by atoms with van der Waals surface area (Å²) in [4.78, 5) is 14.8. The molecule has 0 N–H and O–H groups in total. The number of benzene rings is 10. The Morgan fingerprint density at radius 1 is 0.246 bits per heavy atom. The second-order valence-electron chi connectivity index (χ2n) is 17.6. The minimum atomic E-state index is 0.629. The van der Waals surface area contributed by atoms with Crippen molar-refractivity contribution in [1.82, 2.24) is 24.1 Å². The summed E-state index contributed by atoms with van der Waals surface area (Å²) < 4.78 is 11.2. The lowest BCUT2D eigenvalue weighted by Crippen LogP contribution is -2.00. The van der Waals surface area contributed by atoms with Gasteiger partial charge in [0.05, 0.1) is 22.1 Å². The molecule has 14 aromatic rings. The van der Waals surface area contributed by atoms with E-state index >= 15 is 0 Å². The van der Waals surface area contributed by atoms with Crippen LogP contribution in [0.4, 0.5) is 0 Å². The van der Waals surface area contributed by atoms with Gasteiger partial charge < -0.3 is 13.6 Å². The Hall–Kier alpha value is -9.39. The van der Waals surface area contributed by atoms with Gasteiger partial charge in [0.15, 0.2) is 17.5 Å². The fraction of sp³-hybridized carbons (Fsp3) is 0. The van der Waals surface area contributed by atoms with Gasteiger partial charge in [0.2, 0.25) is 0 Å². The normalized spacial score (nSPS) is 11.8. The van der Waals surface area contributed by atoms with Crippen molar-refractivity contribution in [3.05, 3.63) is 237 Å². The van der Waals surface area contributed by atoms with E-state index in [4.69, 9.17) is 19.4 Å². The number of hydrogen-bond acceptors (Lipinski definition) is 4. The Morgan fingerprint density at radius 2 is 0.580 bits per heavy atom. The molecule has 14 rings (SSSR count). The smallest absolute Gasteiger partial charge is 0.164 e. The molecule has 0 radical (unpaired) electrons. The van der Waals surface area contributed by atoms with Crippen molar-refractivity contribution >= 4 is 65.6 Å². The molecular weight excluding hydrogens is 843 g/mol. The van der Waals surface area contributed by atoms with E-state index in [9.17, 15) is 0 Å². The topological polar surface area (TPSA) is 61.7 Å². The van der Waals surface area contributed by atoms with E-state index in [0.29, 0.717) is 17.5 Å². The maximum atomic E-state index is 6.47. The summed E-state index contributed by atoms with van der Waals surface area (Å²) in [5, 5.41) is 7.05. The van der Waals surface area contributed by atoms with E-state index in [-0.39, 0.29) is 0 Å². The first kappa shape index (κ1) is 38.8. The first-order valence-corrected chi connectivity index (χ1v) is 23.3. The van der Waals surface area contributed by atoms with Crippen molar-refractivity contribution in [2.75, 3.05) is 0 Å². The maximum absolute atomic E-state index is 6.47. The summed E-state index contributed by atoms with van der Waals surface area (Å²) >= 11 is 0. The monoisotopic (exact) mass is 881 g/mol. The summed E-state index contributed by atoms with van der Waals surface area (Å²) in [6.07, 6.45) is 0. The molecule has 4 heterocycles. The highest BCUT2D eigenvalue weighted by atomic mass is 16.3. The minimum Gasteiger partial charge on any atom is -0.456 e. The second-order valence-corrected chi connectivity index (χ2v) is 17.6. The van der Waals surface area contributed by atoms with Crippen molar-refractivity contribution < 1.29 is 4.42 Å². The van der Waals surface area contributed by atoms with Gasteiger partial charge in [0.1, 0.15) is 11.2 Å². The third-order valence-electron chi connectivity index (χ3n) is 13.6. The third-order valence-corrected chi connectivity index (χ3v) is 13.6. The SMILES string of the molecule is c1ccc(-c2nc(-c3ccccc3)nc(-c3ccc(-n4c5ccccc5c5cc(-c6ccc7oc8ccc(-c9ccc%10c(c9)c9ccccc9n%10-c9ccccc9)cc8c7c6)ccc54)cc3)n2)cc1. The van der Waals surface area contributed by atoms with Crippen LogP contribution in [0.5, 0.6) is 0 Å². The molecule has 69 heavy (non-hydrogen) atoms. The first-order chi connectivity index (χ1) is 34.2. The Balaban J connectivity index is 0.830. The van der Waals surface area contributed by atoms with Crippen molar-refractivity contribution in [2.45, 2.75) is 0 Å². The largest absolute Gasteiger partial charge is 0.456 e. The van der Waals surface area contributed by atoms with Crippen LogP contribution in [0.2, 0.25) is 0 Å². The number of hydrogen-bond donors (Lipinski definition) is 0. The fourth-order valence-electron chi connectivity index (χ4n) is 10.3. The zero-order chi connectivity index (χ0) is 45.4. The molecule has 0 saturated heterocycles. The van der Waals surface area contributed by atoms with Crippen LogP contribution in [0.1, 0.15) is 0 Å². The molecule has 6 nitrogen and oxygen atoms in total. The Bertz CT molecular complexity index is 4230. The Labute approximate surface area is 396 Å². The second kappa shape index (κ2) is 15.6. The molecule has 0 spiro atoms. The standard InChI is InChI=1S/C63H39N5O/c1-4-14-40(15-5-1)61-64-62(41-16-6-2-7-17-41)66-63(65-61)42-24-30-48(31-25-42)68-56-23-13-11-21-50(56)52-37-44(27-33-58(52)68)46-29-35-60-54(39-46)53-38-45(28-34-59(53)69-60)43-26-32-57-51(36-43)49-20-10-12-22-55(49)67(57)47-18-8-3-9-19-47/h1-39H. The van der Waals surface area contributed by atoms with Crippen LogP contribution in [-0.4, -0.2) is 24.1 Å². The van der Waals surface area contributed by atoms with E-state index in [1.54, 1.807) is 0 Å². The van der Waals surface area contributed by atoms with Crippen LogP contribution >= 0.6 is 0 Å². The predicted molar refractivity (Wildman–Crippen MR) is 283 cm³/mol. The van der Waals surface area contributed by atoms with Gasteiger partial charge in [-0.15, -0.1) is 0 Å². The highest BCUT2D eigenvalue weighted by molar-refractivity contribution is 6.13. The molecule has 0 atom stereocenters. The molecule has 322 valence electrons. The van der Waals surface area contributed by atoms with E-state index in [0.717, 1.165) is 77.7 Å². The lowest BCUT2D eigenvalue weighted by molar-refractivity contribution is 0.669. The van der Waals surface area contributed by atoms with Crippen molar-refractivity contribution in [2.24, 2.45) is 0 Å². The van der Waals surface area contributed by atoms with Crippen LogP contribution in [-0.2, 0) is 0 Å². The van der Waals surface area contributed by atoms with Crippen LogP contribution in [0.3, 0.4) is 0 Å². The minimum absolute atomic E-state index is 0.629. The highest BCUT2D eigenvalue weighted by Gasteiger charge is 2.18. The molecule has 0 unspecified atom stereocenters. The molecule has 6 heteroatoms. The molecule has 0 aliphatic rings. The molecule has 0 aliphatic carbocycles. The van der Waals surface area contributed by atoms with E-state index in [1.165, 1.54) is 38.1 Å². The number of fused-ring (bicyclic) bond motifs is 9. The summed E-state index contributed by atoms with van der Waals surface area (Å²) in [5.41, 5.74) is 16.0. The number of furan rings is 1. The summed E-state index contributed by atoms with van der Waals surface area (Å²) in [7, 11) is 0.